The van der Waals surface area contributed by atoms with E-state index in [0.29, 0.717) is 6.42 Å². The van der Waals surface area contributed by atoms with E-state index in [2.05, 4.69) is 4.74 Å². The van der Waals surface area contributed by atoms with Crippen LogP contribution in [0.2, 0.25) is 0 Å². The minimum absolute atomic E-state index is 0.297. The second kappa shape index (κ2) is 8.88. The van der Waals surface area contributed by atoms with Crippen LogP contribution in [0.25, 0.3) is 0 Å². The van der Waals surface area contributed by atoms with Crippen LogP contribution in [0.15, 0.2) is 30.3 Å². The molecule has 0 bridgehead atoms. The van der Waals surface area contributed by atoms with Crippen LogP contribution < -0.4 is 17.2 Å². The van der Waals surface area contributed by atoms with E-state index in [1.165, 1.54) is 0 Å². The molecular weight excluding hydrogens is 290 g/mol. The molecule has 0 fully saturated rings. The second-order valence-electron chi connectivity index (χ2n) is 4.53. The van der Waals surface area contributed by atoms with Gasteiger partial charge in [0.25, 0.3) is 0 Å². The molecule has 0 heterocycles. The lowest BCUT2D eigenvalue weighted by Crippen LogP contribution is -2.42. The summed E-state index contributed by atoms with van der Waals surface area (Å²) in [6.07, 6.45) is 0.297. The molecule has 0 spiro atoms. The summed E-state index contributed by atoms with van der Waals surface area (Å²) < 4.78 is 9.14. The third-order valence-corrected chi connectivity index (χ3v) is 2.69. The highest BCUT2D eigenvalue weighted by atomic mass is 16.6. The van der Waals surface area contributed by atoms with Gasteiger partial charge in [0.2, 0.25) is 0 Å². The molecule has 8 nitrogen and oxygen atoms in total. The third-order valence-electron chi connectivity index (χ3n) is 2.69. The van der Waals surface area contributed by atoms with Gasteiger partial charge in [-0.25, -0.2) is 4.79 Å². The predicted molar refractivity (Wildman–Crippen MR) is 77.2 cm³/mol. The summed E-state index contributed by atoms with van der Waals surface area (Å²) in [5, 5.41) is 0. The number of ether oxygens (including phenoxy) is 2. The van der Waals surface area contributed by atoms with Gasteiger partial charge in [-0.3, -0.25) is 9.59 Å². The largest absolute Gasteiger partial charge is 0.462 e. The molecule has 0 saturated heterocycles. The zero-order chi connectivity index (χ0) is 16.5. The Morgan fingerprint density at radius 1 is 1.00 bits per heavy atom. The van der Waals surface area contributed by atoms with E-state index >= 15 is 0 Å². The zero-order valence-electron chi connectivity index (χ0n) is 11.9. The molecule has 1 aromatic rings. The molecule has 2 atom stereocenters. The van der Waals surface area contributed by atoms with Crippen molar-refractivity contribution in [3.05, 3.63) is 35.9 Å². The summed E-state index contributed by atoms with van der Waals surface area (Å²) in [6, 6.07) is 7.01. The molecular formula is C14H19N3O5. The number of carbonyl (C=O) groups is 3. The third kappa shape index (κ3) is 6.00. The van der Waals surface area contributed by atoms with Crippen molar-refractivity contribution < 1.29 is 23.9 Å². The maximum absolute atomic E-state index is 11.7. The number of benzene rings is 1. The number of hydrogen-bond acceptors (Lipinski definition) is 8. The van der Waals surface area contributed by atoms with E-state index in [1.807, 2.05) is 30.3 Å². The topological polar surface area (TPSA) is 148 Å². The van der Waals surface area contributed by atoms with Crippen molar-refractivity contribution in [1.82, 2.24) is 0 Å². The average molecular weight is 309 g/mol. The van der Waals surface area contributed by atoms with E-state index in [-0.39, 0.29) is 0 Å². The van der Waals surface area contributed by atoms with Gasteiger partial charge >= 0.3 is 17.9 Å². The Kier molecular flexibility index (Phi) is 7.17. The van der Waals surface area contributed by atoms with E-state index in [1.54, 1.807) is 0 Å². The van der Waals surface area contributed by atoms with Crippen molar-refractivity contribution in [2.45, 2.75) is 18.5 Å². The Morgan fingerprint density at radius 2 is 1.64 bits per heavy atom. The van der Waals surface area contributed by atoms with Crippen LogP contribution in [0.5, 0.6) is 0 Å². The first-order valence-electron chi connectivity index (χ1n) is 6.60. The van der Waals surface area contributed by atoms with E-state index in [0.717, 1.165) is 5.56 Å². The monoisotopic (exact) mass is 309 g/mol. The van der Waals surface area contributed by atoms with Crippen LogP contribution >= 0.6 is 0 Å². The Morgan fingerprint density at radius 3 is 2.23 bits per heavy atom. The summed E-state index contributed by atoms with van der Waals surface area (Å²) in [6.45, 7) is -0.877. The van der Waals surface area contributed by atoms with Crippen molar-refractivity contribution in [3.8, 4) is 0 Å². The molecule has 6 N–H and O–H groups in total. The fourth-order valence-corrected chi connectivity index (χ4v) is 1.53. The molecule has 0 amide bonds. The first kappa shape index (κ1) is 17.8. The predicted octanol–water partition coefficient (Wildman–Crippen LogP) is -1.54. The van der Waals surface area contributed by atoms with Crippen LogP contribution in [-0.4, -0.2) is 43.1 Å². The highest BCUT2D eigenvalue weighted by molar-refractivity contribution is 5.89. The van der Waals surface area contributed by atoms with Crippen LogP contribution in [-0.2, 0) is 30.3 Å². The van der Waals surface area contributed by atoms with E-state index in [9.17, 15) is 14.4 Å². The van der Waals surface area contributed by atoms with Gasteiger partial charge in [-0.1, -0.05) is 30.3 Å². The minimum atomic E-state index is -1.27. The smallest absolute Gasteiger partial charge is 0.334 e. The molecule has 8 heteroatoms. The quantitative estimate of drug-likeness (QED) is 0.405. The van der Waals surface area contributed by atoms with Gasteiger partial charge in [0.15, 0.2) is 0 Å². The average Bonchev–Trinajstić information content (AvgIpc) is 2.52. The SMILES string of the molecule is NCC(=O)OC(=O)[C@@H](N)COC(=O)[C@@H](N)Cc1ccccc1. The normalized spacial score (nSPS) is 13.0. The molecule has 0 aliphatic heterocycles. The van der Waals surface area contributed by atoms with Crippen LogP contribution in [0.3, 0.4) is 0 Å². The van der Waals surface area contributed by atoms with Crippen LogP contribution in [0.4, 0.5) is 0 Å². The lowest BCUT2D eigenvalue weighted by Gasteiger charge is -2.14. The molecule has 1 rings (SSSR count). The zero-order valence-corrected chi connectivity index (χ0v) is 11.9. The summed E-state index contributed by atoms with van der Waals surface area (Å²) in [4.78, 5) is 33.9. The first-order chi connectivity index (χ1) is 10.4. The number of esters is 3. The number of nitrogens with two attached hydrogens (primary N) is 3. The second-order valence-corrected chi connectivity index (χ2v) is 4.53. The summed E-state index contributed by atoms with van der Waals surface area (Å²) in [5.41, 5.74) is 17.0. The summed E-state index contributed by atoms with van der Waals surface area (Å²) >= 11 is 0. The molecule has 0 aliphatic rings. The summed E-state index contributed by atoms with van der Waals surface area (Å²) in [7, 11) is 0. The maximum Gasteiger partial charge on any atom is 0.334 e. The molecule has 1 aromatic carbocycles. The molecule has 120 valence electrons. The lowest BCUT2D eigenvalue weighted by molar-refractivity contribution is -0.161. The molecule has 0 radical (unpaired) electrons. The van der Waals surface area contributed by atoms with Crippen LogP contribution in [0.1, 0.15) is 5.56 Å². The van der Waals surface area contributed by atoms with Gasteiger partial charge in [-0.2, -0.15) is 0 Å². The first-order valence-corrected chi connectivity index (χ1v) is 6.60. The van der Waals surface area contributed by atoms with Gasteiger partial charge in [0.05, 0.1) is 6.54 Å². The molecule has 0 saturated carbocycles. The highest BCUT2D eigenvalue weighted by Crippen LogP contribution is 2.03. The molecule has 0 aromatic heterocycles. The van der Waals surface area contributed by atoms with Gasteiger partial charge in [0.1, 0.15) is 18.7 Å². The van der Waals surface area contributed by atoms with Gasteiger partial charge in [0, 0.05) is 0 Å². The van der Waals surface area contributed by atoms with Crippen molar-refractivity contribution in [2.75, 3.05) is 13.2 Å². The standard InChI is InChI=1S/C14H19N3O5/c15-7-12(18)22-14(20)11(17)8-21-13(19)10(16)6-9-4-2-1-3-5-9/h1-5,10-11H,6-8,15-17H2/t10-,11-/m0/s1. The number of rotatable bonds is 7. The highest BCUT2D eigenvalue weighted by Gasteiger charge is 2.22. The Hall–Kier alpha value is -2.29. The Balaban J connectivity index is 2.38. The lowest BCUT2D eigenvalue weighted by atomic mass is 10.1. The maximum atomic E-state index is 11.7. The Labute approximate surface area is 127 Å². The van der Waals surface area contributed by atoms with Crippen molar-refractivity contribution in [3.63, 3.8) is 0 Å². The van der Waals surface area contributed by atoms with Crippen molar-refractivity contribution >= 4 is 17.9 Å². The Bertz CT molecular complexity index is 520. The van der Waals surface area contributed by atoms with Gasteiger partial charge in [-0.15, -0.1) is 0 Å². The fourth-order valence-electron chi connectivity index (χ4n) is 1.53. The molecule has 22 heavy (non-hydrogen) atoms. The summed E-state index contributed by atoms with van der Waals surface area (Å²) in [5.74, 6) is -2.62. The fraction of sp³-hybridized carbons (Fsp3) is 0.357. The minimum Gasteiger partial charge on any atom is -0.462 e. The van der Waals surface area contributed by atoms with Gasteiger partial charge in [-0.05, 0) is 12.0 Å². The van der Waals surface area contributed by atoms with Crippen LogP contribution in [0, 0.1) is 0 Å². The number of hydrogen-bond donors (Lipinski definition) is 3. The van der Waals surface area contributed by atoms with Crippen molar-refractivity contribution in [1.29, 1.82) is 0 Å². The molecule has 0 unspecified atom stereocenters. The molecule has 0 aliphatic carbocycles. The van der Waals surface area contributed by atoms with Crippen molar-refractivity contribution in [2.24, 2.45) is 17.2 Å². The number of carbonyl (C=O) groups excluding carboxylic acids is 3. The van der Waals surface area contributed by atoms with E-state index in [4.69, 9.17) is 21.9 Å². The van der Waals surface area contributed by atoms with E-state index < -0.39 is 43.1 Å². The van der Waals surface area contributed by atoms with Gasteiger partial charge < -0.3 is 26.7 Å².